The Kier molecular flexibility index (Phi) is 4.33. The molecule has 0 fully saturated rings. The summed E-state index contributed by atoms with van der Waals surface area (Å²) in [4.78, 5) is 0. The van der Waals surface area contributed by atoms with Crippen molar-refractivity contribution in [2.75, 3.05) is 7.11 Å². The summed E-state index contributed by atoms with van der Waals surface area (Å²) in [5.74, 6) is 0.390. The summed E-state index contributed by atoms with van der Waals surface area (Å²) in [5.41, 5.74) is 4.96. The average molecular weight is 326 g/mol. The Hall–Kier alpha value is -0.750. The zero-order chi connectivity index (χ0) is 14.1. The molecule has 18 heavy (non-hydrogen) atoms. The highest BCUT2D eigenvalue weighted by molar-refractivity contribution is 9.10. The van der Waals surface area contributed by atoms with E-state index in [1.807, 2.05) is 0 Å². The molecule has 0 radical (unpaired) electrons. The van der Waals surface area contributed by atoms with Crippen LogP contribution in [0.3, 0.4) is 0 Å². The zero-order valence-corrected chi connectivity index (χ0v) is 11.9. The van der Waals surface area contributed by atoms with Crippen molar-refractivity contribution >= 4 is 15.9 Å². The third-order valence-corrected chi connectivity index (χ3v) is 2.89. The second-order valence-corrected chi connectivity index (χ2v) is 5.67. The van der Waals surface area contributed by atoms with Gasteiger partial charge in [-0.3, -0.25) is 0 Å². The molecule has 0 atom stereocenters. The molecule has 1 aromatic carbocycles. The summed E-state index contributed by atoms with van der Waals surface area (Å²) < 4.78 is 43.6. The van der Waals surface area contributed by atoms with E-state index >= 15 is 0 Å². The minimum Gasteiger partial charge on any atom is -0.495 e. The van der Waals surface area contributed by atoms with Gasteiger partial charge in [-0.1, -0.05) is 0 Å². The van der Waals surface area contributed by atoms with Crippen LogP contribution in [0.15, 0.2) is 16.6 Å². The van der Waals surface area contributed by atoms with Crippen LogP contribution in [0, 0.1) is 0 Å². The molecule has 0 unspecified atom stereocenters. The lowest BCUT2D eigenvalue weighted by Gasteiger charge is -2.22. The number of rotatable bonds is 3. The summed E-state index contributed by atoms with van der Waals surface area (Å²) in [6.07, 6.45) is -4.10. The van der Waals surface area contributed by atoms with Gasteiger partial charge in [0, 0.05) is 5.54 Å². The van der Waals surface area contributed by atoms with Crippen molar-refractivity contribution in [3.8, 4) is 5.75 Å². The van der Waals surface area contributed by atoms with Crippen molar-refractivity contribution in [2.45, 2.75) is 32.0 Å². The molecule has 0 aliphatic rings. The molecular weight excluding hydrogens is 311 g/mol. The second-order valence-electron chi connectivity index (χ2n) is 4.81. The maximum atomic E-state index is 12.7. The Morgan fingerprint density at radius 1 is 1.28 bits per heavy atom. The van der Waals surface area contributed by atoms with Gasteiger partial charge in [0.05, 0.1) is 17.1 Å². The molecule has 0 aliphatic heterocycles. The Bertz CT molecular complexity index is 438. The van der Waals surface area contributed by atoms with E-state index in [-0.39, 0.29) is 4.47 Å². The van der Waals surface area contributed by atoms with Crippen LogP contribution in [-0.2, 0) is 12.6 Å². The van der Waals surface area contributed by atoms with E-state index in [2.05, 4.69) is 15.9 Å². The van der Waals surface area contributed by atoms with E-state index in [0.717, 1.165) is 12.1 Å². The fourth-order valence-corrected chi connectivity index (χ4v) is 2.33. The molecule has 1 aromatic rings. The normalized spacial score (nSPS) is 12.7. The summed E-state index contributed by atoms with van der Waals surface area (Å²) >= 11 is 3.09. The van der Waals surface area contributed by atoms with Gasteiger partial charge in [0.2, 0.25) is 0 Å². The number of alkyl halides is 3. The standard InChI is InChI=1S/C12H15BrF3NO/c1-11(2,17)6-7-4-8(12(14,15)16)5-9(13)10(7)18-3/h4-5H,6,17H2,1-3H3. The molecule has 1 rings (SSSR count). The predicted molar refractivity (Wildman–Crippen MR) is 67.7 cm³/mol. The Morgan fingerprint density at radius 3 is 2.22 bits per heavy atom. The predicted octanol–water partition coefficient (Wildman–Crippen LogP) is 3.76. The van der Waals surface area contributed by atoms with E-state index in [1.54, 1.807) is 13.8 Å². The van der Waals surface area contributed by atoms with Crippen LogP contribution in [0.25, 0.3) is 0 Å². The molecule has 0 amide bonds. The number of nitrogens with two attached hydrogens (primary N) is 1. The minimum absolute atomic E-state index is 0.277. The molecule has 0 aromatic heterocycles. The largest absolute Gasteiger partial charge is 0.495 e. The molecule has 2 nitrogen and oxygen atoms in total. The van der Waals surface area contributed by atoms with E-state index < -0.39 is 17.3 Å². The van der Waals surface area contributed by atoms with E-state index in [4.69, 9.17) is 10.5 Å². The van der Waals surface area contributed by atoms with Gasteiger partial charge in [-0.25, -0.2) is 0 Å². The van der Waals surface area contributed by atoms with Gasteiger partial charge in [-0.2, -0.15) is 13.2 Å². The first kappa shape index (κ1) is 15.3. The minimum atomic E-state index is -4.39. The van der Waals surface area contributed by atoms with Crippen LogP contribution >= 0.6 is 15.9 Å². The third kappa shape index (κ3) is 3.88. The van der Waals surface area contributed by atoms with E-state index in [1.165, 1.54) is 7.11 Å². The van der Waals surface area contributed by atoms with E-state index in [9.17, 15) is 13.2 Å². The Morgan fingerprint density at radius 2 is 1.83 bits per heavy atom. The summed E-state index contributed by atoms with van der Waals surface area (Å²) in [6.45, 7) is 3.50. The first-order valence-electron chi connectivity index (χ1n) is 5.27. The van der Waals surface area contributed by atoms with Crippen LogP contribution in [0.5, 0.6) is 5.75 Å². The third-order valence-electron chi connectivity index (χ3n) is 2.30. The van der Waals surface area contributed by atoms with Crippen LogP contribution < -0.4 is 10.5 Å². The number of ether oxygens (including phenoxy) is 1. The van der Waals surface area contributed by atoms with Gasteiger partial charge in [-0.05, 0) is 53.9 Å². The average Bonchev–Trinajstić information content (AvgIpc) is 2.13. The highest BCUT2D eigenvalue weighted by atomic mass is 79.9. The first-order chi connectivity index (χ1) is 8.04. The van der Waals surface area contributed by atoms with Crippen LogP contribution in [-0.4, -0.2) is 12.6 Å². The van der Waals surface area contributed by atoms with Crippen molar-refractivity contribution in [2.24, 2.45) is 5.73 Å². The van der Waals surface area contributed by atoms with Crippen molar-refractivity contribution in [1.29, 1.82) is 0 Å². The molecule has 6 heteroatoms. The highest BCUT2D eigenvalue weighted by Gasteiger charge is 2.32. The molecule has 0 bridgehead atoms. The smallest absolute Gasteiger partial charge is 0.416 e. The van der Waals surface area contributed by atoms with Gasteiger partial charge in [-0.15, -0.1) is 0 Å². The van der Waals surface area contributed by atoms with Gasteiger partial charge in [0.15, 0.2) is 0 Å². The van der Waals surface area contributed by atoms with Crippen LogP contribution in [0.1, 0.15) is 25.0 Å². The van der Waals surface area contributed by atoms with Crippen molar-refractivity contribution < 1.29 is 17.9 Å². The zero-order valence-electron chi connectivity index (χ0n) is 10.4. The molecule has 0 aliphatic carbocycles. The monoisotopic (exact) mass is 325 g/mol. The van der Waals surface area contributed by atoms with Gasteiger partial charge >= 0.3 is 6.18 Å². The maximum absolute atomic E-state index is 12.7. The molecule has 0 saturated carbocycles. The van der Waals surface area contributed by atoms with Gasteiger partial charge in [0.25, 0.3) is 0 Å². The number of benzene rings is 1. The maximum Gasteiger partial charge on any atom is 0.416 e. The lowest BCUT2D eigenvalue weighted by atomic mass is 9.94. The number of halogens is 4. The summed E-state index contributed by atoms with van der Waals surface area (Å²) in [7, 11) is 1.42. The summed E-state index contributed by atoms with van der Waals surface area (Å²) in [5, 5.41) is 0. The number of hydrogen-bond donors (Lipinski definition) is 1. The molecule has 0 spiro atoms. The van der Waals surface area contributed by atoms with Crippen molar-refractivity contribution in [3.63, 3.8) is 0 Å². The molecule has 0 heterocycles. The van der Waals surface area contributed by atoms with Gasteiger partial charge < -0.3 is 10.5 Å². The summed E-state index contributed by atoms with van der Waals surface area (Å²) in [6, 6.07) is 2.09. The number of hydrogen-bond acceptors (Lipinski definition) is 2. The fourth-order valence-electron chi connectivity index (χ4n) is 1.66. The Labute approximate surface area is 112 Å². The topological polar surface area (TPSA) is 35.2 Å². The second kappa shape index (κ2) is 5.09. The fraction of sp³-hybridized carbons (Fsp3) is 0.500. The van der Waals surface area contributed by atoms with Gasteiger partial charge in [0.1, 0.15) is 5.75 Å². The molecule has 0 saturated heterocycles. The van der Waals surface area contributed by atoms with Crippen LogP contribution in [0.2, 0.25) is 0 Å². The quantitative estimate of drug-likeness (QED) is 0.918. The highest BCUT2D eigenvalue weighted by Crippen LogP contribution is 2.38. The van der Waals surface area contributed by atoms with E-state index in [0.29, 0.717) is 17.7 Å². The lowest BCUT2D eigenvalue weighted by molar-refractivity contribution is -0.137. The van der Waals surface area contributed by atoms with Crippen molar-refractivity contribution in [3.05, 3.63) is 27.7 Å². The molecular formula is C12H15BrF3NO. The lowest BCUT2D eigenvalue weighted by Crippen LogP contribution is -2.34. The van der Waals surface area contributed by atoms with Crippen molar-refractivity contribution in [1.82, 2.24) is 0 Å². The number of methoxy groups -OCH3 is 1. The first-order valence-corrected chi connectivity index (χ1v) is 6.06. The Balaban J connectivity index is 3.33. The SMILES string of the molecule is COc1c(Br)cc(C(F)(F)F)cc1CC(C)(C)N. The van der Waals surface area contributed by atoms with Crippen LogP contribution in [0.4, 0.5) is 13.2 Å². The molecule has 2 N–H and O–H groups in total. The molecule has 102 valence electrons.